The molecule has 0 amide bonds. The van der Waals surface area contributed by atoms with Crippen molar-refractivity contribution >= 4 is 23.4 Å². The van der Waals surface area contributed by atoms with Crippen LogP contribution in [-0.2, 0) is 24.9 Å². The van der Waals surface area contributed by atoms with Crippen molar-refractivity contribution in [3.63, 3.8) is 0 Å². The van der Waals surface area contributed by atoms with Crippen LogP contribution in [0.2, 0.25) is 0 Å². The van der Waals surface area contributed by atoms with Crippen molar-refractivity contribution in [2.75, 3.05) is 36.0 Å². The van der Waals surface area contributed by atoms with Gasteiger partial charge in [-0.1, -0.05) is 20.8 Å². The van der Waals surface area contributed by atoms with E-state index in [1.165, 1.54) is 0 Å². The predicted molar refractivity (Wildman–Crippen MR) is 124 cm³/mol. The lowest BCUT2D eigenvalue weighted by atomic mass is 9.93. The molecule has 3 aromatic rings. The molecule has 5 rings (SSSR count). The number of thioether (sulfide) groups is 1. The smallest absolute Gasteiger partial charge is 0.277 e. The van der Waals surface area contributed by atoms with E-state index in [0.717, 1.165) is 66.2 Å². The molecule has 3 aromatic heterocycles. The molecule has 164 valence electrons. The summed E-state index contributed by atoms with van der Waals surface area (Å²) in [4.78, 5) is 31.8. The molecule has 1 saturated heterocycles. The van der Waals surface area contributed by atoms with Gasteiger partial charge in [0, 0.05) is 74.0 Å². The molecule has 0 saturated carbocycles. The Morgan fingerprint density at radius 2 is 1.97 bits per heavy atom. The zero-order chi connectivity index (χ0) is 21.6. The molecule has 5 heterocycles. The van der Waals surface area contributed by atoms with Crippen molar-refractivity contribution in [2.24, 2.45) is 0 Å². The summed E-state index contributed by atoms with van der Waals surface area (Å²) in [6.07, 6.45) is 2.63. The van der Waals surface area contributed by atoms with Crippen LogP contribution in [0.15, 0.2) is 23.1 Å². The number of aromatic nitrogens is 5. The van der Waals surface area contributed by atoms with Crippen LogP contribution in [0.3, 0.4) is 0 Å². The van der Waals surface area contributed by atoms with Gasteiger partial charge in [0.2, 0.25) is 5.95 Å². The lowest BCUT2D eigenvalue weighted by molar-refractivity contribution is 0.238. The van der Waals surface area contributed by atoms with E-state index in [0.29, 0.717) is 18.7 Å². The second-order valence-corrected chi connectivity index (χ2v) is 10.6. The fourth-order valence-electron chi connectivity index (χ4n) is 4.17. The van der Waals surface area contributed by atoms with Crippen molar-refractivity contribution in [1.82, 2.24) is 29.5 Å². The Morgan fingerprint density at radius 3 is 2.74 bits per heavy atom. The molecule has 8 nitrogen and oxygen atoms in total. The number of hydrogen-bond acceptors (Lipinski definition) is 7. The van der Waals surface area contributed by atoms with Gasteiger partial charge in [0.1, 0.15) is 0 Å². The second kappa shape index (κ2) is 7.94. The average Bonchev–Trinajstić information content (AvgIpc) is 3.20. The average molecular weight is 440 g/mol. The second-order valence-electron chi connectivity index (χ2n) is 9.36. The third-order valence-corrected chi connectivity index (χ3v) is 6.97. The van der Waals surface area contributed by atoms with Crippen molar-refractivity contribution in [3.05, 3.63) is 51.3 Å². The van der Waals surface area contributed by atoms with Gasteiger partial charge in [0.15, 0.2) is 5.65 Å². The minimum Gasteiger partial charge on any atom is -0.339 e. The maximum atomic E-state index is 13.2. The van der Waals surface area contributed by atoms with Crippen LogP contribution in [-0.4, -0.2) is 60.6 Å². The van der Waals surface area contributed by atoms with Crippen LogP contribution in [0.5, 0.6) is 0 Å². The van der Waals surface area contributed by atoms with E-state index in [4.69, 9.17) is 9.97 Å². The van der Waals surface area contributed by atoms with Gasteiger partial charge in [-0.15, -0.1) is 0 Å². The lowest BCUT2D eigenvalue weighted by Gasteiger charge is -2.28. The Kier molecular flexibility index (Phi) is 5.26. The first kappa shape index (κ1) is 20.5. The number of H-pyrrole nitrogens is 1. The van der Waals surface area contributed by atoms with Gasteiger partial charge in [-0.2, -0.15) is 11.8 Å². The van der Waals surface area contributed by atoms with Crippen LogP contribution in [0.4, 0.5) is 5.95 Å². The third-order valence-electron chi connectivity index (χ3n) is 6.03. The SMILES string of the molecule is CC(C)(C)c1cc2nc3c(c(=O)n2[nH]1)CN(Cc1ccnc(N2CCSCC2)n1)CC3. The fourth-order valence-corrected chi connectivity index (χ4v) is 5.08. The molecule has 2 aliphatic heterocycles. The first-order chi connectivity index (χ1) is 14.9. The van der Waals surface area contributed by atoms with Crippen molar-refractivity contribution in [2.45, 2.75) is 45.7 Å². The van der Waals surface area contributed by atoms with Crippen LogP contribution < -0.4 is 10.5 Å². The van der Waals surface area contributed by atoms with Gasteiger partial charge in [-0.3, -0.25) is 14.8 Å². The van der Waals surface area contributed by atoms with E-state index in [9.17, 15) is 4.79 Å². The largest absolute Gasteiger partial charge is 0.339 e. The van der Waals surface area contributed by atoms with Crippen LogP contribution in [0.1, 0.15) is 43.4 Å². The summed E-state index contributed by atoms with van der Waals surface area (Å²) in [6.45, 7) is 10.5. The Hall–Kier alpha value is -2.39. The highest BCUT2D eigenvalue weighted by atomic mass is 32.2. The maximum Gasteiger partial charge on any atom is 0.277 e. The van der Waals surface area contributed by atoms with Gasteiger partial charge in [-0.25, -0.2) is 19.5 Å². The Labute approximate surface area is 186 Å². The molecule has 0 spiro atoms. The minimum atomic E-state index is -0.0650. The minimum absolute atomic E-state index is 0.00870. The summed E-state index contributed by atoms with van der Waals surface area (Å²) < 4.78 is 1.60. The molecule has 31 heavy (non-hydrogen) atoms. The Bertz CT molecular complexity index is 1160. The van der Waals surface area contributed by atoms with Crippen LogP contribution >= 0.6 is 11.8 Å². The normalized spacial score (nSPS) is 17.8. The Morgan fingerprint density at radius 1 is 1.16 bits per heavy atom. The molecule has 0 aliphatic carbocycles. The molecular weight excluding hydrogens is 410 g/mol. The quantitative estimate of drug-likeness (QED) is 0.670. The summed E-state index contributed by atoms with van der Waals surface area (Å²) in [6, 6.07) is 3.97. The van der Waals surface area contributed by atoms with Gasteiger partial charge in [0.05, 0.1) is 17.0 Å². The Balaban J connectivity index is 1.38. The molecule has 0 aromatic carbocycles. The number of rotatable bonds is 3. The van der Waals surface area contributed by atoms with Crippen molar-refractivity contribution in [1.29, 1.82) is 0 Å². The summed E-state index contributed by atoms with van der Waals surface area (Å²) >= 11 is 1.98. The third kappa shape index (κ3) is 4.08. The number of fused-ring (bicyclic) bond motifs is 2. The van der Waals surface area contributed by atoms with E-state index in [1.807, 2.05) is 30.1 Å². The molecule has 0 atom stereocenters. The standard InChI is InChI=1S/C22H29N7OS/c1-22(2,3)18-12-19-25-17-5-7-27(14-16(17)20(30)29(19)26-18)13-15-4-6-23-21(24-15)28-8-10-31-11-9-28/h4,6,12,26H,5,7-11,13-14H2,1-3H3. The molecule has 1 N–H and O–H groups in total. The number of hydrogen-bond donors (Lipinski definition) is 1. The summed E-state index contributed by atoms with van der Waals surface area (Å²) in [7, 11) is 0. The van der Waals surface area contributed by atoms with E-state index in [1.54, 1.807) is 4.52 Å². The lowest BCUT2D eigenvalue weighted by Crippen LogP contribution is -2.37. The highest BCUT2D eigenvalue weighted by molar-refractivity contribution is 7.99. The van der Waals surface area contributed by atoms with E-state index in [2.05, 4.69) is 40.7 Å². The number of nitrogens with one attached hydrogen (secondary N) is 1. The number of anilines is 1. The molecule has 0 bridgehead atoms. The number of nitrogens with zero attached hydrogens (tertiary/aromatic N) is 6. The zero-order valence-corrected chi connectivity index (χ0v) is 19.2. The maximum absolute atomic E-state index is 13.2. The predicted octanol–water partition coefficient (Wildman–Crippen LogP) is 2.22. The van der Waals surface area contributed by atoms with E-state index in [-0.39, 0.29) is 11.0 Å². The van der Waals surface area contributed by atoms with Gasteiger partial charge in [-0.05, 0) is 6.07 Å². The van der Waals surface area contributed by atoms with E-state index < -0.39 is 0 Å². The molecule has 1 fully saturated rings. The van der Waals surface area contributed by atoms with Crippen LogP contribution in [0.25, 0.3) is 5.65 Å². The van der Waals surface area contributed by atoms with Crippen molar-refractivity contribution < 1.29 is 0 Å². The molecular formula is C22H29N7OS. The van der Waals surface area contributed by atoms with Gasteiger partial charge < -0.3 is 4.90 Å². The zero-order valence-electron chi connectivity index (χ0n) is 18.4. The highest BCUT2D eigenvalue weighted by Crippen LogP contribution is 2.23. The van der Waals surface area contributed by atoms with Crippen molar-refractivity contribution in [3.8, 4) is 0 Å². The monoisotopic (exact) mass is 439 g/mol. The summed E-state index contributed by atoms with van der Waals surface area (Å²) in [5.74, 6) is 3.06. The first-order valence-electron chi connectivity index (χ1n) is 10.9. The number of aromatic amines is 1. The summed E-state index contributed by atoms with van der Waals surface area (Å²) in [5.41, 5.74) is 4.38. The molecule has 2 aliphatic rings. The van der Waals surface area contributed by atoms with Gasteiger partial charge >= 0.3 is 0 Å². The van der Waals surface area contributed by atoms with Gasteiger partial charge in [0.25, 0.3) is 5.56 Å². The first-order valence-corrected chi connectivity index (χ1v) is 12.0. The molecule has 0 radical (unpaired) electrons. The van der Waals surface area contributed by atoms with E-state index >= 15 is 0 Å². The van der Waals surface area contributed by atoms with Crippen LogP contribution in [0, 0.1) is 0 Å². The molecule has 0 unspecified atom stereocenters. The topological polar surface area (TPSA) is 82.4 Å². The highest BCUT2D eigenvalue weighted by Gasteiger charge is 2.25. The molecule has 9 heteroatoms. The summed E-state index contributed by atoms with van der Waals surface area (Å²) in [5, 5.41) is 3.26. The fraction of sp³-hybridized carbons (Fsp3) is 0.545.